The van der Waals surface area contributed by atoms with Crippen LogP contribution in [0.2, 0.25) is 0 Å². The van der Waals surface area contributed by atoms with Crippen molar-refractivity contribution in [2.75, 3.05) is 26.7 Å². The minimum absolute atomic E-state index is 0.221. The Kier molecular flexibility index (Phi) is 6.36. The highest BCUT2D eigenvalue weighted by molar-refractivity contribution is 5.80. The number of amides is 1. The largest absolute Gasteiger partial charge is 0.493 e. The Bertz CT molecular complexity index is 642. The minimum atomic E-state index is 0.221. The number of ether oxygens (including phenoxy) is 1. The molecule has 1 saturated carbocycles. The van der Waals surface area contributed by atoms with Gasteiger partial charge in [0.25, 0.3) is 0 Å². The van der Waals surface area contributed by atoms with E-state index in [1.807, 2.05) is 30.0 Å². The Balaban J connectivity index is 1.49. The number of benzene rings is 1. The Morgan fingerprint density at radius 3 is 2.85 bits per heavy atom. The van der Waals surface area contributed by atoms with Crippen molar-refractivity contribution in [1.29, 1.82) is 0 Å². The summed E-state index contributed by atoms with van der Waals surface area (Å²) in [5.41, 5.74) is 1.13. The third kappa shape index (κ3) is 5.13. The standard InChI is InChI=1S/C20H30N4O2/c1-3-19(25)24-11-10-17(13-24)23-20(21-2)22-12-16-6-4-5-7-18(16)26-14-15-8-9-15/h4-7,15,17H,3,8-14H2,1-2H3,(H2,21,22,23). The van der Waals surface area contributed by atoms with E-state index < -0.39 is 0 Å². The molecular formula is C20H30N4O2. The molecule has 1 atom stereocenters. The molecule has 3 rings (SSSR count). The third-order valence-corrected chi connectivity index (χ3v) is 5.00. The average molecular weight is 358 g/mol. The van der Waals surface area contributed by atoms with Gasteiger partial charge in [-0.3, -0.25) is 9.79 Å². The highest BCUT2D eigenvalue weighted by Gasteiger charge is 2.26. The number of hydrogen-bond acceptors (Lipinski definition) is 3. The van der Waals surface area contributed by atoms with Crippen LogP contribution in [0.5, 0.6) is 5.75 Å². The van der Waals surface area contributed by atoms with Crippen LogP contribution in [0, 0.1) is 5.92 Å². The normalized spacial score (nSPS) is 20.2. The number of likely N-dealkylation sites (tertiary alicyclic amines) is 1. The summed E-state index contributed by atoms with van der Waals surface area (Å²) in [6.45, 7) is 4.94. The summed E-state index contributed by atoms with van der Waals surface area (Å²) in [5, 5.41) is 6.80. The summed E-state index contributed by atoms with van der Waals surface area (Å²) >= 11 is 0. The first kappa shape index (κ1) is 18.5. The van der Waals surface area contributed by atoms with Gasteiger partial charge >= 0.3 is 0 Å². The first-order valence-corrected chi connectivity index (χ1v) is 9.65. The van der Waals surface area contributed by atoms with Gasteiger partial charge in [0.05, 0.1) is 6.61 Å². The number of rotatable bonds is 7. The lowest BCUT2D eigenvalue weighted by Gasteiger charge is -2.19. The van der Waals surface area contributed by atoms with Crippen LogP contribution in [0.4, 0.5) is 0 Å². The molecule has 2 N–H and O–H groups in total. The van der Waals surface area contributed by atoms with Crippen molar-refractivity contribution in [2.45, 2.75) is 45.2 Å². The van der Waals surface area contributed by atoms with Crippen LogP contribution in [0.1, 0.15) is 38.2 Å². The summed E-state index contributed by atoms with van der Waals surface area (Å²) in [5.74, 6) is 2.67. The second-order valence-corrected chi connectivity index (χ2v) is 7.11. The Hall–Kier alpha value is -2.24. The number of nitrogens with zero attached hydrogens (tertiary/aromatic N) is 2. The predicted molar refractivity (Wildman–Crippen MR) is 103 cm³/mol. The van der Waals surface area contributed by atoms with E-state index in [0.717, 1.165) is 49.3 Å². The van der Waals surface area contributed by atoms with Gasteiger partial charge in [-0.15, -0.1) is 0 Å². The molecule has 142 valence electrons. The lowest BCUT2D eigenvalue weighted by molar-refractivity contribution is -0.129. The first-order chi connectivity index (χ1) is 12.7. The van der Waals surface area contributed by atoms with E-state index in [0.29, 0.717) is 13.0 Å². The minimum Gasteiger partial charge on any atom is -0.493 e. The highest BCUT2D eigenvalue weighted by atomic mass is 16.5. The Morgan fingerprint density at radius 2 is 2.12 bits per heavy atom. The summed E-state index contributed by atoms with van der Waals surface area (Å²) in [6.07, 6.45) is 4.09. The molecule has 1 unspecified atom stereocenters. The monoisotopic (exact) mass is 358 g/mol. The Labute approximate surface area is 156 Å². The number of para-hydroxylation sites is 1. The fourth-order valence-electron chi connectivity index (χ4n) is 3.18. The first-order valence-electron chi connectivity index (χ1n) is 9.65. The van der Waals surface area contributed by atoms with Crippen LogP contribution in [-0.4, -0.2) is 49.6 Å². The predicted octanol–water partition coefficient (Wildman–Crippen LogP) is 2.15. The quantitative estimate of drug-likeness (QED) is 0.579. The van der Waals surface area contributed by atoms with Crippen LogP contribution in [0.25, 0.3) is 0 Å². The van der Waals surface area contributed by atoms with Crippen LogP contribution in [0.15, 0.2) is 29.3 Å². The van der Waals surface area contributed by atoms with Gasteiger partial charge in [-0.05, 0) is 31.2 Å². The number of aliphatic imine (C=N–C) groups is 1. The fraction of sp³-hybridized carbons (Fsp3) is 0.600. The summed E-state index contributed by atoms with van der Waals surface area (Å²) in [7, 11) is 1.77. The molecule has 0 spiro atoms. The molecule has 1 saturated heterocycles. The van der Waals surface area contributed by atoms with E-state index in [4.69, 9.17) is 4.74 Å². The number of hydrogen-bond donors (Lipinski definition) is 2. The number of carbonyl (C=O) groups is 1. The maximum atomic E-state index is 11.8. The van der Waals surface area contributed by atoms with Crippen molar-refractivity contribution in [3.63, 3.8) is 0 Å². The smallest absolute Gasteiger partial charge is 0.222 e. The van der Waals surface area contributed by atoms with Gasteiger partial charge in [0.2, 0.25) is 5.91 Å². The third-order valence-electron chi connectivity index (χ3n) is 5.00. The molecule has 0 radical (unpaired) electrons. The lowest BCUT2D eigenvalue weighted by atomic mass is 10.2. The molecule has 1 amide bonds. The zero-order valence-electron chi connectivity index (χ0n) is 15.8. The van der Waals surface area contributed by atoms with E-state index >= 15 is 0 Å². The molecule has 1 heterocycles. The molecule has 1 aliphatic carbocycles. The average Bonchev–Trinajstić information content (AvgIpc) is 3.39. The van der Waals surface area contributed by atoms with Gasteiger partial charge in [-0.1, -0.05) is 25.1 Å². The summed E-state index contributed by atoms with van der Waals surface area (Å²) in [4.78, 5) is 18.1. The van der Waals surface area contributed by atoms with Crippen LogP contribution in [0.3, 0.4) is 0 Å². The SMILES string of the molecule is CCC(=O)N1CCC(NC(=NC)NCc2ccccc2OCC2CC2)C1. The van der Waals surface area contributed by atoms with Gasteiger partial charge < -0.3 is 20.3 Å². The van der Waals surface area contributed by atoms with Crippen molar-refractivity contribution >= 4 is 11.9 Å². The number of guanidine groups is 1. The second kappa shape index (κ2) is 8.92. The zero-order valence-corrected chi connectivity index (χ0v) is 15.8. The zero-order chi connectivity index (χ0) is 18.4. The van der Waals surface area contributed by atoms with Gasteiger partial charge in [0.1, 0.15) is 5.75 Å². The molecule has 26 heavy (non-hydrogen) atoms. The van der Waals surface area contributed by atoms with Crippen LogP contribution in [-0.2, 0) is 11.3 Å². The Morgan fingerprint density at radius 1 is 1.31 bits per heavy atom. The van der Waals surface area contributed by atoms with Crippen molar-refractivity contribution in [1.82, 2.24) is 15.5 Å². The van der Waals surface area contributed by atoms with E-state index in [1.165, 1.54) is 12.8 Å². The number of carbonyl (C=O) groups excluding carboxylic acids is 1. The molecule has 2 fully saturated rings. The van der Waals surface area contributed by atoms with E-state index in [2.05, 4.69) is 21.7 Å². The molecule has 1 aliphatic heterocycles. The van der Waals surface area contributed by atoms with Crippen molar-refractivity contribution in [3.8, 4) is 5.75 Å². The van der Waals surface area contributed by atoms with E-state index in [9.17, 15) is 4.79 Å². The lowest BCUT2D eigenvalue weighted by Crippen LogP contribution is -2.44. The van der Waals surface area contributed by atoms with Crippen molar-refractivity contribution in [2.24, 2.45) is 10.9 Å². The van der Waals surface area contributed by atoms with Crippen molar-refractivity contribution < 1.29 is 9.53 Å². The van der Waals surface area contributed by atoms with Gasteiger partial charge in [0.15, 0.2) is 5.96 Å². The molecule has 2 aliphatic rings. The van der Waals surface area contributed by atoms with E-state index in [-0.39, 0.29) is 11.9 Å². The molecule has 6 heteroatoms. The molecular weight excluding hydrogens is 328 g/mol. The molecule has 0 bridgehead atoms. The molecule has 6 nitrogen and oxygen atoms in total. The maximum absolute atomic E-state index is 11.8. The topological polar surface area (TPSA) is 66.0 Å². The molecule has 0 aromatic heterocycles. The summed E-state index contributed by atoms with van der Waals surface area (Å²) in [6, 6.07) is 8.40. The van der Waals surface area contributed by atoms with Crippen LogP contribution < -0.4 is 15.4 Å². The fourth-order valence-corrected chi connectivity index (χ4v) is 3.18. The van der Waals surface area contributed by atoms with Crippen LogP contribution >= 0.6 is 0 Å². The molecule has 1 aromatic carbocycles. The molecule has 1 aromatic rings. The number of nitrogens with one attached hydrogen (secondary N) is 2. The van der Waals surface area contributed by atoms with Gasteiger partial charge in [0, 0.05) is 44.7 Å². The maximum Gasteiger partial charge on any atom is 0.222 e. The van der Waals surface area contributed by atoms with Gasteiger partial charge in [-0.2, -0.15) is 0 Å². The van der Waals surface area contributed by atoms with Gasteiger partial charge in [-0.25, -0.2) is 0 Å². The second-order valence-electron chi connectivity index (χ2n) is 7.11. The highest BCUT2D eigenvalue weighted by Crippen LogP contribution is 2.30. The van der Waals surface area contributed by atoms with Crippen molar-refractivity contribution in [3.05, 3.63) is 29.8 Å². The summed E-state index contributed by atoms with van der Waals surface area (Å²) < 4.78 is 5.97. The van der Waals surface area contributed by atoms with E-state index in [1.54, 1.807) is 7.05 Å².